The molecule has 1 aromatic carbocycles. The van der Waals surface area contributed by atoms with Crippen LogP contribution in [-0.2, 0) is 20.6 Å². The molecule has 0 unspecified atom stereocenters. The summed E-state index contributed by atoms with van der Waals surface area (Å²) < 4.78 is 40.0. The van der Waals surface area contributed by atoms with Gasteiger partial charge in [0.2, 0.25) is 5.91 Å². The van der Waals surface area contributed by atoms with Crippen molar-refractivity contribution in [2.45, 2.75) is 58.5 Å². The smallest absolute Gasteiger partial charge is 0.340 e. The van der Waals surface area contributed by atoms with E-state index in [1.165, 1.54) is 19.1 Å². The van der Waals surface area contributed by atoms with Gasteiger partial charge in [-0.05, 0) is 50.9 Å². The molecule has 0 radical (unpaired) electrons. The van der Waals surface area contributed by atoms with Gasteiger partial charge in [-0.3, -0.25) is 19.3 Å². The number of piperazine rings is 1. The molecular formula is C26H31F3N4O3. The Morgan fingerprint density at radius 3 is 2.25 bits per heavy atom. The van der Waals surface area contributed by atoms with Gasteiger partial charge in [-0.1, -0.05) is 19.3 Å². The highest BCUT2D eigenvalue weighted by atomic mass is 19.4. The zero-order valence-electron chi connectivity index (χ0n) is 20.7. The molecule has 0 bridgehead atoms. The third-order valence-corrected chi connectivity index (χ3v) is 6.84. The third kappa shape index (κ3) is 6.32. The summed E-state index contributed by atoms with van der Waals surface area (Å²) in [5.74, 6) is -1.11. The number of rotatable bonds is 9. The second-order valence-electron chi connectivity index (χ2n) is 9.25. The van der Waals surface area contributed by atoms with E-state index in [4.69, 9.17) is 5.26 Å². The molecule has 3 rings (SSSR count). The van der Waals surface area contributed by atoms with Gasteiger partial charge in [-0.15, -0.1) is 0 Å². The molecule has 3 amide bonds. The maximum Gasteiger partial charge on any atom is 0.417 e. The molecule has 0 aliphatic carbocycles. The summed E-state index contributed by atoms with van der Waals surface area (Å²) in [5, 5.41) is 8.97. The molecule has 0 N–H and O–H groups in total. The van der Waals surface area contributed by atoms with E-state index in [0.717, 1.165) is 69.4 Å². The number of alkyl halides is 3. The molecule has 1 aromatic rings. The number of amides is 3. The molecule has 2 aliphatic rings. The van der Waals surface area contributed by atoms with Gasteiger partial charge in [0.25, 0.3) is 11.8 Å². The van der Waals surface area contributed by atoms with Crippen molar-refractivity contribution in [2.75, 3.05) is 37.6 Å². The lowest BCUT2D eigenvalue weighted by Gasteiger charge is -2.34. The molecule has 0 spiro atoms. The van der Waals surface area contributed by atoms with Crippen LogP contribution in [0.25, 0.3) is 0 Å². The van der Waals surface area contributed by atoms with E-state index in [1.807, 2.05) is 4.90 Å². The SMILES string of the molecule is CC(=O)N1CCN(CCCCCCCC2=C(C)C(=O)N(c3ccc(C#N)c(C(F)(F)F)c3)C2=O)CC1. The Morgan fingerprint density at radius 1 is 1.00 bits per heavy atom. The van der Waals surface area contributed by atoms with Crippen molar-refractivity contribution in [3.63, 3.8) is 0 Å². The van der Waals surface area contributed by atoms with E-state index >= 15 is 0 Å². The van der Waals surface area contributed by atoms with Gasteiger partial charge in [0, 0.05) is 44.2 Å². The zero-order valence-corrected chi connectivity index (χ0v) is 20.7. The monoisotopic (exact) mass is 504 g/mol. The van der Waals surface area contributed by atoms with Gasteiger partial charge < -0.3 is 4.90 Å². The summed E-state index contributed by atoms with van der Waals surface area (Å²) in [6, 6.07) is 4.36. The Balaban J connectivity index is 1.46. The molecule has 0 aromatic heterocycles. The first-order valence-corrected chi connectivity index (χ1v) is 12.2. The average Bonchev–Trinajstić information content (AvgIpc) is 3.05. The first-order chi connectivity index (χ1) is 17.0. The Morgan fingerprint density at radius 2 is 1.64 bits per heavy atom. The topological polar surface area (TPSA) is 84.7 Å². The third-order valence-electron chi connectivity index (χ3n) is 6.84. The molecule has 7 nitrogen and oxygen atoms in total. The molecule has 1 fully saturated rings. The van der Waals surface area contributed by atoms with Crippen LogP contribution in [0.5, 0.6) is 0 Å². The molecule has 10 heteroatoms. The summed E-state index contributed by atoms with van der Waals surface area (Å²) in [6.07, 6.45) is 0.269. The predicted octanol–water partition coefficient (Wildman–Crippen LogP) is 4.27. The molecule has 0 saturated carbocycles. The molecule has 194 valence electrons. The lowest BCUT2D eigenvalue weighted by Crippen LogP contribution is -2.48. The second-order valence-corrected chi connectivity index (χ2v) is 9.25. The fourth-order valence-corrected chi connectivity index (χ4v) is 4.67. The number of hydrogen-bond donors (Lipinski definition) is 0. The molecule has 2 aliphatic heterocycles. The van der Waals surface area contributed by atoms with E-state index in [1.54, 1.807) is 6.92 Å². The van der Waals surface area contributed by atoms with Crippen LogP contribution in [0.3, 0.4) is 0 Å². The number of halogens is 3. The molecule has 36 heavy (non-hydrogen) atoms. The van der Waals surface area contributed by atoms with Crippen molar-refractivity contribution < 1.29 is 27.6 Å². The van der Waals surface area contributed by atoms with Crippen LogP contribution in [0.15, 0.2) is 29.3 Å². The standard InChI is InChI=1S/C26H31F3N4O3/c1-18-22(8-6-4-3-5-7-11-31-12-14-32(15-13-31)19(2)34)25(36)33(24(18)35)21-10-9-20(17-30)23(16-21)26(27,28)29/h9-10,16H,3-8,11-15H2,1-2H3. The highest BCUT2D eigenvalue weighted by Gasteiger charge is 2.39. The molecular weight excluding hydrogens is 473 g/mol. The van der Waals surface area contributed by atoms with Crippen molar-refractivity contribution >= 4 is 23.4 Å². The van der Waals surface area contributed by atoms with Gasteiger partial charge in [-0.25, -0.2) is 4.90 Å². The van der Waals surface area contributed by atoms with Gasteiger partial charge in [0.15, 0.2) is 0 Å². The van der Waals surface area contributed by atoms with Crippen LogP contribution in [-0.4, -0.2) is 60.2 Å². The van der Waals surface area contributed by atoms with Crippen molar-refractivity contribution in [2.24, 2.45) is 0 Å². The summed E-state index contributed by atoms with van der Waals surface area (Å²) in [4.78, 5) is 42.0. The summed E-state index contributed by atoms with van der Waals surface area (Å²) in [7, 11) is 0. The molecule has 2 heterocycles. The zero-order chi connectivity index (χ0) is 26.5. The minimum Gasteiger partial charge on any atom is -0.340 e. The number of nitrogens with zero attached hydrogens (tertiary/aromatic N) is 4. The summed E-state index contributed by atoms with van der Waals surface area (Å²) in [6.45, 7) is 7.43. The predicted molar refractivity (Wildman–Crippen MR) is 128 cm³/mol. The minimum atomic E-state index is -4.78. The Labute approximate surface area is 209 Å². The summed E-state index contributed by atoms with van der Waals surface area (Å²) in [5.41, 5.74) is -1.33. The normalized spacial score (nSPS) is 17.2. The number of nitriles is 1. The van der Waals surface area contributed by atoms with Gasteiger partial charge >= 0.3 is 6.18 Å². The lowest BCUT2D eigenvalue weighted by atomic mass is 10.0. The van der Waals surface area contributed by atoms with Crippen LogP contribution in [0.4, 0.5) is 18.9 Å². The van der Waals surface area contributed by atoms with Crippen LogP contribution in [0, 0.1) is 11.3 Å². The Hall–Kier alpha value is -3.19. The number of carbonyl (C=O) groups is 3. The van der Waals surface area contributed by atoms with E-state index < -0.39 is 29.1 Å². The van der Waals surface area contributed by atoms with E-state index in [-0.39, 0.29) is 17.2 Å². The maximum atomic E-state index is 13.3. The van der Waals surface area contributed by atoms with Crippen LogP contribution >= 0.6 is 0 Å². The van der Waals surface area contributed by atoms with E-state index in [2.05, 4.69) is 4.90 Å². The second kappa shape index (κ2) is 11.7. The Kier molecular flexibility index (Phi) is 8.90. The summed E-state index contributed by atoms with van der Waals surface area (Å²) >= 11 is 0. The number of carbonyl (C=O) groups excluding carboxylic acids is 3. The average molecular weight is 505 g/mol. The largest absolute Gasteiger partial charge is 0.417 e. The number of anilines is 1. The lowest BCUT2D eigenvalue weighted by molar-refractivity contribution is -0.138. The van der Waals surface area contributed by atoms with Gasteiger partial charge in [0.1, 0.15) is 0 Å². The first kappa shape index (κ1) is 27.4. The van der Waals surface area contributed by atoms with Crippen molar-refractivity contribution in [3.8, 4) is 6.07 Å². The maximum absolute atomic E-state index is 13.3. The van der Waals surface area contributed by atoms with Crippen LogP contribution < -0.4 is 4.90 Å². The van der Waals surface area contributed by atoms with Crippen LogP contribution in [0.1, 0.15) is 63.5 Å². The van der Waals surface area contributed by atoms with Gasteiger partial charge in [0.05, 0.1) is 22.9 Å². The van der Waals surface area contributed by atoms with Crippen LogP contribution in [0.2, 0.25) is 0 Å². The van der Waals surface area contributed by atoms with E-state index in [0.29, 0.717) is 24.5 Å². The number of hydrogen-bond acceptors (Lipinski definition) is 5. The number of imide groups is 1. The van der Waals surface area contributed by atoms with Crippen molar-refractivity contribution in [1.29, 1.82) is 5.26 Å². The Bertz CT molecular complexity index is 1080. The molecule has 0 atom stereocenters. The van der Waals surface area contributed by atoms with Crippen molar-refractivity contribution in [1.82, 2.24) is 9.80 Å². The highest BCUT2D eigenvalue weighted by molar-refractivity contribution is 6.32. The van der Waals surface area contributed by atoms with Crippen molar-refractivity contribution in [3.05, 3.63) is 40.5 Å². The molecule has 1 saturated heterocycles. The van der Waals surface area contributed by atoms with Gasteiger partial charge in [-0.2, -0.15) is 18.4 Å². The van der Waals surface area contributed by atoms with E-state index in [9.17, 15) is 27.6 Å². The quantitative estimate of drug-likeness (QED) is 0.370. The fourth-order valence-electron chi connectivity index (χ4n) is 4.67. The minimum absolute atomic E-state index is 0.119. The highest BCUT2D eigenvalue weighted by Crippen LogP contribution is 2.37. The number of benzene rings is 1. The number of unbranched alkanes of at least 4 members (excludes halogenated alkanes) is 4. The fraction of sp³-hybridized carbons (Fsp3) is 0.538. The first-order valence-electron chi connectivity index (χ1n) is 12.2.